The second-order valence-corrected chi connectivity index (χ2v) is 5.75. The van der Waals surface area contributed by atoms with E-state index in [1.807, 2.05) is 26.2 Å². The third kappa shape index (κ3) is 2.77. The Morgan fingerprint density at radius 1 is 1.19 bits per heavy atom. The van der Waals surface area contributed by atoms with Crippen molar-refractivity contribution in [3.63, 3.8) is 0 Å². The molecule has 4 aromatic rings. The van der Waals surface area contributed by atoms with Crippen LogP contribution in [0.1, 0.15) is 18.5 Å². The Kier molecular flexibility index (Phi) is 3.84. The van der Waals surface area contributed by atoms with Crippen LogP contribution in [0.25, 0.3) is 22.6 Å². The number of carbonyl (C=O) groups is 1. The van der Waals surface area contributed by atoms with Gasteiger partial charge in [0.15, 0.2) is 5.65 Å². The molecule has 0 fully saturated rings. The van der Waals surface area contributed by atoms with Gasteiger partial charge in [0.05, 0.1) is 24.1 Å². The number of nitrogens with zero attached hydrogens (tertiary/aromatic N) is 8. The fourth-order valence-electron chi connectivity index (χ4n) is 2.62. The van der Waals surface area contributed by atoms with Crippen molar-refractivity contribution in [3.8, 4) is 11.3 Å². The summed E-state index contributed by atoms with van der Waals surface area (Å²) in [7, 11) is 1.85. The molecule has 0 aliphatic rings. The van der Waals surface area contributed by atoms with Crippen molar-refractivity contribution in [2.75, 3.05) is 5.32 Å². The highest BCUT2D eigenvalue weighted by Crippen LogP contribution is 2.22. The van der Waals surface area contributed by atoms with E-state index in [-0.39, 0.29) is 6.04 Å². The van der Waals surface area contributed by atoms with E-state index >= 15 is 0 Å². The average molecular weight is 349 g/mol. The van der Waals surface area contributed by atoms with Crippen molar-refractivity contribution in [1.82, 2.24) is 39.7 Å². The minimum Gasteiger partial charge on any atom is -0.313 e. The Balaban J connectivity index is 1.72. The highest BCUT2D eigenvalue weighted by atomic mass is 16.1. The molecule has 0 bridgehead atoms. The Hall–Kier alpha value is -3.69. The molecule has 0 spiro atoms. The summed E-state index contributed by atoms with van der Waals surface area (Å²) in [5, 5.41) is 15.0. The Morgan fingerprint density at radius 3 is 2.77 bits per heavy atom. The van der Waals surface area contributed by atoms with E-state index in [9.17, 15) is 4.79 Å². The smallest absolute Gasteiger partial charge is 0.221 e. The minimum atomic E-state index is -0.156. The first-order valence-electron chi connectivity index (χ1n) is 7.89. The molecule has 0 aliphatic carbocycles. The van der Waals surface area contributed by atoms with Crippen LogP contribution in [-0.2, 0) is 11.8 Å². The Morgan fingerprint density at radius 2 is 2.08 bits per heavy atom. The molecule has 4 aromatic heterocycles. The second-order valence-electron chi connectivity index (χ2n) is 5.75. The number of amides is 1. The molecule has 0 saturated carbocycles. The second kappa shape index (κ2) is 6.31. The van der Waals surface area contributed by atoms with Crippen LogP contribution in [0.5, 0.6) is 0 Å². The molecular weight excluding hydrogens is 334 g/mol. The van der Waals surface area contributed by atoms with Crippen molar-refractivity contribution < 1.29 is 4.79 Å². The van der Waals surface area contributed by atoms with Gasteiger partial charge in [-0.15, -0.1) is 5.10 Å². The normalized spacial score (nSPS) is 12.2. The first kappa shape index (κ1) is 15.8. The van der Waals surface area contributed by atoms with Crippen LogP contribution in [0.15, 0.2) is 36.9 Å². The van der Waals surface area contributed by atoms with E-state index in [1.165, 1.54) is 0 Å². The molecule has 4 heterocycles. The van der Waals surface area contributed by atoms with Gasteiger partial charge in [-0.2, -0.15) is 5.10 Å². The molecule has 1 N–H and O–H groups in total. The summed E-state index contributed by atoms with van der Waals surface area (Å²) >= 11 is 0. The highest BCUT2D eigenvalue weighted by Gasteiger charge is 2.17. The molecule has 10 heteroatoms. The molecule has 0 aromatic carbocycles. The SMILES string of the molecule is CC(c1ccc(NC=O)nc1)n1nnc2ncc(-c3cnn(C)c3)nc21. The summed E-state index contributed by atoms with van der Waals surface area (Å²) in [6, 6.07) is 3.44. The molecule has 10 nitrogen and oxygen atoms in total. The van der Waals surface area contributed by atoms with Crippen LogP contribution in [0.3, 0.4) is 0 Å². The van der Waals surface area contributed by atoms with Crippen molar-refractivity contribution in [1.29, 1.82) is 0 Å². The van der Waals surface area contributed by atoms with Gasteiger partial charge in [-0.05, 0) is 18.6 Å². The first-order valence-corrected chi connectivity index (χ1v) is 7.89. The number of aromatic nitrogens is 8. The van der Waals surface area contributed by atoms with E-state index < -0.39 is 0 Å². The van der Waals surface area contributed by atoms with Crippen LogP contribution >= 0.6 is 0 Å². The summed E-state index contributed by atoms with van der Waals surface area (Å²) < 4.78 is 3.41. The van der Waals surface area contributed by atoms with Crippen LogP contribution in [0.2, 0.25) is 0 Å². The summed E-state index contributed by atoms with van der Waals surface area (Å²) in [5.41, 5.74) is 3.52. The number of anilines is 1. The Bertz CT molecular complexity index is 1070. The van der Waals surface area contributed by atoms with Crippen molar-refractivity contribution in [2.45, 2.75) is 13.0 Å². The number of fused-ring (bicyclic) bond motifs is 1. The monoisotopic (exact) mass is 349 g/mol. The number of pyridine rings is 1. The zero-order valence-electron chi connectivity index (χ0n) is 14.1. The fraction of sp³-hybridized carbons (Fsp3) is 0.188. The van der Waals surface area contributed by atoms with E-state index in [1.54, 1.807) is 34.0 Å². The molecule has 1 amide bonds. The topological polar surface area (TPSA) is 116 Å². The van der Waals surface area contributed by atoms with Crippen molar-refractivity contribution in [2.24, 2.45) is 7.05 Å². The lowest BCUT2D eigenvalue weighted by Gasteiger charge is -2.12. The molecule has 0 aliphatic heterocycles. The Labute approximate surface area is 147 Å². The number of nitrogens with one attached hydrogen (secondary N) is 1. The van der Waals surface area contributed by atoms with E-state index in [4.69, 9.17) is 0 Å². The molecular formula is C16H15N9O. The minimum absolute atomic E-state index is 0.156. The fourth-order valence-corrected chi connectivity index (χ4v) is 2.62. The van der Waals surface area contributed by atoms with Gasteiger partial charge in [-0.3, -0.25) is 9.48 Å². The highest BCUT2D eigenvalue weighted by molar-refractivity contribution is 5.70. The van der Waals surface area contributed by atoms with Gasteiger partial charge in [-0.1, -0.05) is 11.3 Å². The van der Waals surface area contributed by atoms with Crippen LogP contribution in [0, 0.1) is 0 Å². The standard InChI is InChI=1S/C16H15N9O/c1-10(11-3-4-14(17-5-11)19-9-26)25-16-15(22-23-25)18-7-13(21-16)12-6-20-24(2)8-12/h3-10H,1-2H3,(H,17,19,26). The molecule has 26 heavy (non-hydrogen) atoms. The molecule has 4 rings (SSSR count). The van der Waals surface area contributed by atoms with E-state index in [0.29, 0.717) is 29.2 Å². The summed E-state index contributed by atoms with van der Waals surface area (Å²) in [6.45, 7) is 1.97. The number of hydrogen-bond donors (Lipinski definition) is 1. The summed E-state index contributed by atoms with van der Waals surface area (Å²) in [6.07, 6.45) is 7.53. The molecule has 0 radical (unpaired) electrons. The number of hydrogen-bond acceptors (Lipinski definition) is 7. The quantitative estimate of drug-likeness (QED) is 0.538. The molecule has 1 unspecified atom stereocenters. The van der Waals surface area contributed by atoms with Crippen LogP contribution in [0.4, 0.5) is 5.82 Å². The third-order valence-electron chi connectivity index (χ3n) is 4.03. The zero-order chi connectivity index (χ0) is 18.1. The zero-order valence-corrected chi connectivity index (χ0v) is 14.1. The van der Waals surface area contributed by atoms with Gasteiger partial charge < -0.3 is 5.32 Å². The van der Waals surface area contributed by atoms with E-state index in [2.05, 4.69) is 35.7 Å². The number of carbonyl (C=O) groups excluding carboxylic acids is 1. The van der Waals surface area contributed by atoms with Gasteiger partial charge >= 0.3 is 0 Å². The number of aryl methyl sites for hydroxylation is 1. The predicted molar refractivity (Wildman–Crippen MR) is 93.1 cm³/mol. The maximum atomic E-state index is 10.5. The molecule has 1 atom stereocenters. The third-order valence-corrected chi connectivity index (χ3v) is 4.03. The van der Waals surface area contributed by atoms with Gasteiger partial charge in [0.2, 0.25) is 12.1 Å². The predicted octanol–water partition coefficient (Wildman–Crippen LogP) is 1.19. The van der Waals surface area contributed by atoms with Crippen molar-refractivity contribution in [3.05, 3.63) is 42.5 Å². The largest absolute Gasteiger partial charge is 0.313 e. The average Bonchev–Trinajstić information content (AvgIpc) is 3.27. The van der Waals surface area contributed by atoms with Gasteiger partial charge in [0.25, 0.3) is 0 Å². The number of rotatable bonds is 5. The van der Waals surface area contributed by atoms with E-state index in [0.717, 1.165) is 11.1 Å². The summed E-state index contributed by atoms with van der Waals surface area (Å²) in [4.78, 5) is 23.7. The van der Waals surface area contributed by atoms with Gasteiger partial charge in [0.1, 0.15) is 5.82 Å². The first-order chi connectivity index (χ1) is 12.7. The molecule has 130 valence electrons. The lowest BCUT2D eigenvalue weighted by atomic mass is 10.1. The molecule has 0 saturated heterocycles. The summed E-state index contributed by atoms with van der Waals surface area (Å²) in [5.74, 6) is 0.484. The van der Waals surface area contributed by atoms with Gasteiger partial charge in [0, 0.05) is 25.0 Å². The van der Waals surface area contributed by atoms with Gasteiger partial charge in [-0.25, -0.2) is 19.6 Å². The lowest BCUT2D eigenvalue weighted by Crippen LogP contribution is -2.10. The maximum absolute atomic E-state index is 10.5. The van der Waals surface area contributed by atoms with Crippen LogP contribution < -0.4 is 5.32 Å². The van der Waals surface area contributed by atoms with Crippen LogP contribution in [-0.4, -0.2) is 46.1 Å². The van der Waals surface area contributed by atoms with Crippen molar-refractivity contribution >= 4 is 23.5 Å². The maximum Gasteiger partial charge on any atom is 0.221 e. The lowest BCUT2D eigenvalue weighted by molar-refractivity contribution is -0.105.